The van der Waals surface area contributed by atoms with Crippen LogP contribution in [0.15, 0.2) is 54.7 Å². The van der Waals surface area contributed by atoms with Crippen LogP contribution in [0.2, 0.25) is 0 Å². The number of para-hydroxylation sites is 1. The van der Waals surface area contributed by atoms with Gasteiger partial charge in [0.1, 0.15) is 17.8 Å². The van der Waals surface area contributed by atoms with Crippen molar-refractivity contribution in [3.05, 3.63) is 65.9 Å². The van der Waals surface area contributed by atoms with Crippen molar-refractivity contribution in [3.8, 4) is 5.75 Å². The highest BCUT2D eigenvalue weighted by molar-refractivity contribution is 7.80. The largest absolute Gasteiger partial charge is 0.508 e. The fourth-order valence-electron chi connectivity index (χ4n) is 4.12. The van der Waals surface area contributed by atoms with Crippen molar-refractivity contribution in [3.63, 3.8) is 0 Å². The number of hydrogen-bond acceptors (Lipinski definition) is 7. The standard InChI is InChI=1S/C27H32N4O7S/c32-18-7-5-16(6-8-18)13-22(26(36)31-23(15-39)27(37)38)30-25(35)21(9-10-24(33)34)28-12-11-17-14-29-20-4-2-1-3-19(17)20/h1-8,14,21-23,28-29,32,39H,9-13,15H2,(H,30,35)(H,31,36)(H,33,34)(H,37,38). The van der Waals surface area contributed by atoms with E-state index in [2.05, 4.69) is 33.6 Å². The first-order valence-electron chi connectivity index (χ1n) is 12.4. The molecule has 3 atom stereocenters. The average Bonchev–Trinajstić information content (AvgIpc) is 3.32. The second-order valence-electron chi connectivity index (χ2n) is 9.06. The molecule has 0 aliphatic heterocycles. The Morgan fingerprint density at radius 2 is 1.56 bits per heavy atom. The van der Waals surface area contributed by atoms with Crippen LogP contribution in [0.1, 0.15) is 24.0 Å². The van der Waals surface area contributed by atoms with E-state index in [4.69, 9.17) is 0 Å². The van der Waals surface area contributed by atoms with Gasteiger partial charge in [-0.1, -0.05) is 30.3 Å². The Hall–Kier alpha value is -4.03. The number of carbonyl (C=O) groups excluding carboxylic acids is 2. The number of benzene rings is 2. The number of H-pyrrole nitrogens is 1. The number of carboxylic acid groups (broad SMARTS) is 2. The van der Waals surface area contributed by atoms with Gasteiger partial charge in [0.15, 0.2) is 0 Å². The van der Waals surface area contributed by atoms with Crippen molar-refractivity contribution in [1.82, 2.24) is 20.9 Å². The number of hydrogen-bond donors (Lipinski definition) is 8. The molecule has 0 aliphatic rings. The second kappa shape index (κ2) is 14.2. The van der Waals surface area contributed by atoms with Crippen molar-refractivity contribution in [1.29, 1.82) is 0 Å². The first-order chi connectivity index (χ1) is 18.7. The summed E-state index contributed by atoms with van der Waals surface area (Å²) in [4.78, 5) is 52.1. The first kappa shape index (κ1) is 29.5. The van der Waals surface area contributed by atoms with E-state index in [1.807, 2.05) is 30.5 Å². The van der Waals surface area contributed by atoms with E-state index >= 15 is 0 Å². The minimum atomic E-state index is -1.27. The van der Waals surface area contributed by atoms with E-state index in [0.717, 1.165) is 16.5 Å². The van der Waals surface area contributed by atoms with Crippen molar-refractivity contribution in [2.75, 3.05) is 12.3 Å². The van der Waals surface area contributed by atoms with Gasteiger partial charge in [0.2, 0.25) is 11.8 Å². The molecule has 11 nitrogen and oxygen atoms in total. The number of carboxylic acids is 2. The van der Waals surface area contributed by atoms with Gasteiger partial charge in [-0.05, 0) is 48.7 Å². The van der Waals surface area contributed by atoms with Crippen molar-refractivity contribution in [2.45, 2.75) is 43.8 Å². The van der Waals surface area contributed by atoms with Crippen LogP contribution in [0.25, 0.3) is 10.9 Å². The van der Waals surface area contributed by atoms with E-state index < -0.39 is 41.9 Å². The molecule has 12 heteroatoms. The van der Waals surface area contributed by atoms with Gasteiger partial charge in [-0.25, -0.2) is 4.79 Å². The minimum Gasteiger partial charge on any atom is -0.508 e. The molecule has 2 amide bonds. The Morgan fingerprint density at radius 1 is 0.897 bits per heavy atom. The fourth-order valence-corrected chi connectivity index (χ4v) is 4.37. The topological polar surface area (TPSA) is 181 Å². The molecule has 2 aromatic carbocycles. The summed E-state index contributed by atoms with van der Waals surface area (Å²) in [7, 11) is 0. The summed E-state index contributed by atoms with van der Waals surface area (Å²) in [5, 5.41) is 37.2. The van der Waals surface area contributed by atoms with Crippen LogP contribution < -0.4 is 16.0 Å². The number of aliphatic carboxylic acids is 2. The van der Waals surface area contributed by atoms with Crippen molar-refractivity contribution >= 4 is 47.3 Å². The molecule has 7 N–H and O–H groups in total. The van der Waals surface area contributed by atoms with Crippen LogP contribution in [0, 0.1) is 0 Å². The van der Waals surface area contributed by atoms with E-state index in [9.17, 15) is 34.5 Å². The normalized spacial score (nSPS) is 13.4. The predicted molar refractivity (Wildman–Crippen MR) is 148 cm³/mol. The van der Waals surface area contributed by atoms with Crippen LogP contribution in [0.3, 0.4) is 0 Å². The van der Waals surface area contributed by atoms with Gasteiger partial charge in [0.25, 0.3) is 0 Å². The van der Waals surface area contributed by atoms with Crippen LogP contribution in [0.5, 0.6) is 5.75 Å². The molecular weight excluding hydrogens is 524 g/mol. The van der Waals surface area contributed by atoms with E-state index in [-0.39, 0.29) is 30.8 Å². The third kappa shape index (κ3) is 8.76. The number of amides is 2. The number of thiol groups is 1. The molecule has 0 saturated carbocycles. The molecular formula is C27H32N4O7S. The number of carbonyl (C=O) groups is 4. The van der Waals surface area contributed by atoms with Crippen LogP contribution >= 0.6 is 12.6 Å². The number of aromatic amines is 1. The molecule has 1 aromatic heterocycles. The highest BCUT2D eigenvalue weighted by atomic mass is 32.1. The predicted octanol–water partition coefficient (Wildman–Crippen LogP) is 1.47. The number of aromatic hydroxyl groups is 1. The van der Waals surface area contributed by atoms with E-state index in [1.54, 1.807) is 12.1 Å². The van der Waals surface area contributed by atoms with Gasteiger partial charge < -0.3 is 36.3 Å². The number of nitrogens with one attached hydrogen (secondary N) is 4. The van der Waals surface area contributed by atoms with E-state index in [1.165, 1.54) is 12.1 Å². The molecule has 3 unspecified atom stereocenters. The monoisotopic (exact) mass is 556 g/mol. The Morgan fingerprint density at radius 3 is 2.23 bits per heavy atom. The number of rotatable bonds is 15. The highest BCUT2D eigenvalue weighted by Gasteiger charge is 2.29. The fraction of sp³-hybridized carbons (Fsp3) is 0.333. The maximum absolute atomic E-state index is 13.3. The zero-order chi connectivity index (χ0) is 28.4. The summed E-state index contributed by atoms with van der Waals surface area (Å²) in [5.41, 5.74) is 2.63. The first-order valence-corrected chi connectivity index (χ1v) is 13.0. The second-order valence-corrected chi connectivity index (χ2v) is 9.43. The van der Waals surface area contributed by atoms with Crippen molar-refractivity contribution in [2.24, 2.45) is 0 Å². The van der Waals surface area contributed by atoms with Crippen LogP contribution in [-0.4, -0.2) is 74.5 Å². The molecule has 0 saturated heterocycles. The summed E-state index contributed by atoms with van der Waals surface area (Å²) >= 11 is 3.97. The quantitative estimate of drug-likeness (QED) is 0.130. The van der Waals surface area contributed by atoms with Gasteiger partial charge in [0.05, 0.1) is 6.04 Å². The molecule has 0 spiro atoms. The lowest BCUT2D eigenvalue weighted by molar-refractivity contribution is -0.141. The molecule has 0 radical (unpaired) electrons. The average molecular weight is 557 g/mol. The van der Waals surface area contributed by atoms with Gasteiger partial charge in [-0.3, -0.25) is 14.4 Å². The maximum atomic E-state index is 13.3. The van der Waals surface area contributed by atoms with Crippen LogP contribution in [0.4, 0.5) is 0 Å². The molecule has 3 rings (SSSR count). The SMILES string of the molecule is O=C(O)CCC(NCCc1c[nH]c2ccccc12)C(=O)NC(Cc1ccc(O)cc1)C(=O)NC(CS)C(=O)O. The summed E-state index contributed by atoms with van der Waals surface area (Å²) in [6, 6.07) is 10.5. The summed E-state index contributed by atoms with van der Waals surface area (Å²) in [5.74, 6) is -3.79. The number of phenolic OH excluding ortho intramolecular Hbond substituents is 1. The van der Waals surface area contributed by atoms with Crippen molar-refractivity contribution < 1.29 is 34.5 Å². The van der Waals surface area contributed by atoms with Gasteiger partial charge in [-0.15, -0.1) is 0 Å². The lowest BCUT2D eigenvalue weighted by Gasteiger charge is -2.24. The highest BCUT2D eigenvalue weighted by Crippen LogP contribution is 2.18. The zero-order valence-corrected chi connectivity index (χ0v) is 22.0. The molecule has 3 aromatic rings. The lowest BCUT2D eigenvalue weighted by Crippen LogP contribution is -2.56. The minimum absolute atomic E-state index is 0.0117. The molecule has 39 heavy (non-hydrogen) atoms. The third-order valence-electron chi connectivity index (χ3n) is 6.23. The molecule has 208 valence electrons. The smallest absolute Gasteiger partial charge is 0.327 e. The van der Waals surface area contributed by atoms with Crippen LogP contribution in [-0.2, 0) is 32.0 Å². The number of phenols is 1. The Labute approximate surface area is 230 Å². The van der Waals surface area contributed by atoms with Gasteiger partial charge >= 0.3 is 11.9 Å². The third-order valence-corrected chi connectivity index (χ3v) is 6.59. The Bertz CT molecular complexity index is 1290. The molecule has 0 aliphatic carbocycles. The molecule has 1 heterocycles. The number of aromatic nitrogens is 1. The zero-order valence-electron chi connectivity index (χ0n) is 21.1. The van der Waals surface area contributed by atoms with Gasteiger partial charge in [0, 0.05) is 35.7 Å². The summed E-state index contributed by atoms with van der Waals surface area (Å²) in [6.45, 7) is 0.370. The maximum Gasteiger partial charge on any atom is 0.327 e. The Kier molecular flexibility index (Phi) is 10.8. The number of fused-ring (bicyclic) bond motifs is 1. The molecule has 0 fully saturated rings. The van der Waals surface area contributed by atoms with Gasteiger partial charge in [-0.2, -0.15) is 12.6 Å². The Balaban J connectivity index is 1.73. The summed E-state index contributed by atoms with van der Waals surface area (Å²) < 4.78 is 0. The lowest BCUT2D eigenvalue weighted by atomic mass is 10.0. The molecule has 0 bridgehead atoms. The summed E-state index contributed by atoms with van der Waals surface area (Å²) in [6.07, 6.45) is 2.18. The van der Waals surface area contributed by atoms with E-state index in [0.29, 0.717) is 18.5 Å².